The Morgan fingerprint density at radius 1 is 1.53 bits per heavy atom. The number of hydrogen-bond acceptors (Lipinski definition) is 4. The predicted molar refractivity (Wildman–Crippen MR) is 65.7 cm³/mol. The van der Waals surface area contributed by atoms with Crippen LogP contribution >= 0.6 is 23.4 Å². The van der Waals surface area contributed by atoms with E-state index in [0.717, 1.165) is 11.5 Å². The summed E-state index contributed by atoms with van der Waals surface area (Å²) in [5, 5.41) is 8.24. The molecule has 0 aliphatic carbocycles. The fourth-order valence-corrected chi connectivity index (χ4v) is 3.04. The molecule has 5 heteroatoms. The number of aromatic nitrogens is 2. The Hall–Kier alpha value is -0.480. The normalized spacial score (nSPS) is 20.5. The first-order valence-corrected chi connectivity index (χ1v) is 6.69. The second-order valence-electron chi connectivity index (χ2n) is 3.64. The van der Waals surface area contributed by atoms with E-state index in [-0.39, 0.29) is 0 Å². The zero-order chi connectivity index (χ0) is 10.7. The summed E-state index contributed by atoms with van der Waals surface area (Å²) < 4.78 is 0. The van der Waals surface area contributed by atoms with Gasteiger partial charge < -0.3 is 4.90 Å². The molecule has 1 aliphatic heterocycles. The molecule has 0 radical (unpaired) electrons. The van der Waals surface area contributed by atoms with Crippen LogP contribution in [0.5, 0.6) is 0 Å². The van der Waals surface area contributed by atoms with Gasteiger partial charge in [0.15, 0.2) is 5.82 Å². The Morgan fingerprint density at radius 2 is 2.40 bits per heavy atom. The number of rotatable bonds is 3. The SMILES string of the molecule is CN(c1ccc(CCl)nn1)C1CCSC1. The minimum atomic E-state index is 0.427. The summed E-state index contributed by atoms with van der Waals surface area (Å²) in [5.74, 6) is 3.81. The highest BCUT2D eigenvalue weighted by Crippen LogP contribution is 2.24. The zero-order valence-corrected chi connectivity index (χ0v) is 10.3. The van der Waals surface area contributed by atoms with Crippen molar-refractivity contribution in [3.8, 4) is 0 Å². The van der Waals surface area contributed by atoms with E-state index in [0.29, 0.717) is 11.9 Å². The monoisotopic (exact) mass is 243 g/mol. The summed E-state index contributed by atoms with van der Waals surface area (Å²) in [4.78, 5) is 2.21. The lowest BCUT2D eigenvalue weighted by atomic mass is 10.2. The summed E-state index contributed by atoms with van der Waals surface area (Å²) in [6, 6.07) is 4.54. The van der Waals surface area contributed by atoms with Crippen LogP contribution in [0.15, 0.2) is 12.1 Å². The highest BCUT2D eigenvalue weighted by atomic mass is 35.5. The standard InChI is InChI=1S/C10H14ClN3S/c1-14(9-4-5-15-7-9)10-3-2-8(6-11)12-13-10/h2-3,9H,4-7H2,1H3. The molecule has 2 heterocycles. The maximum absolute atomic E-state index is 5.67. The summed E-state index contributed by atoms with van der Waals surface area (Å²) in [6.45, 7) is 0. The first-order chi connectivity index (χ1) is 7.31. The summed E-state index contributed by atoms with van der Waals surface area (Å²) >= 11 is 7.67. The molecular formula is C10H14ClN3S. The van der Waals surface area contributed by atoms with Gasteiger partial charge in [-0.15, -0.1) is 16.7 Å². The molecular weight excluding hydrogens is 230 g/mol. The van der Waals surface area contributed by atoms with Gasteiger partial charge in [-0.1, -0.05) is 0 Å². The molecule has 0 bridgehead atoms. The van der Waals surface area contributed by atoms with Crippen molar-refractivity contribution < 1.29 is 0 Å². The first kappa shape index (κ1) is 11.0. The van der Waals surface area contributed by atoms with Gasteiger partial charge >= 0.3 is 0 Å². The number of alkyl halides is 1. The molecule has 0 saturated carbocycles. The molecule has 82 valence electrons. The number of halogens is 1. The molecule has 1 atom stereocenters. The molecule has 1 unspecified atom stereocenters. The summed E-state index contributed by atoms with van der Waals surface area (Å²) in [5.41, 5.74) is 0.828. The van der Waals surface area contributed by atoms with Crippen LogP contribution in [-0.4, -0.2) is 34.8 Å². The van der Waals surface area contributed by atoms with E-state index in [4.69, 9.17) is 11.6 Å². The lowest BCUT2D eigenvalue weighted by molar-refractivity contribution is 0.684. The molecule has 3 nitrogen and oxygen atoms in total. The van der Waals surface area contributed by atoms with Gasteiger partial charge in [0.1, 0.15) is 0 Å². The average molecular weight is 244 g/mol. The molecule has 1 aromatic heterocycles. The highest BCUT2D eigenvalue weighted by molar-refractivity contribution is 7.99. The Kier molecular flexibility index (Phi) is 3.70. The van der Waals surface area contributed by atoms with Crippen LogP contribution in [0.25, 0.3) is 0 Å². The van der Waals surface area contributed by atoms with Gasteiger partial charge in [0.05, 0.1) is 11.6 Å². The van der Waals surface area contributed by atoms with E-state index in [9.17, 15) is 0 Å². The fourth-order valence-electron chi connectivity index (χ4n) is 1.63. The van der Waals surface area contributed by atoms with E-state index in [2.05, 4.69) is 22.1 Å². The third-order valence-corrected chi connectivity index (χ3v) is 4.08. The van der Waals surface area contributed by atoms with Crippen molar-refractivity contribution in [1.29, 1.82) is 0 Å². The smallest absolute Gasteiger partial charge is 0.151 e. The number of nitrogens with zero attached hydrogens (tertiary/aromatic N) is 3. The quantitative estimate of drug-likeness (QED) is 0.761. The predicted octanol–water partition coefficient (Wildman–Crippen LogP) is 2.16. The molecule has 0 spiro atoms. The average Bonchev–Trinajstić information content (AvgIpc) is 2.82. The van der Waals surface area contributed by atoms with Crippen molar-refractivity contribution in [1.82, 2.24) is 10.2 Å². The third kappa shape index (κ3) is 2.55. The maximum atomic E-state index is 5.67. The van der Waals surface area contributed by atoms with Gasteiger partial charge in [0.2, 0.25) is 0 Å². The van der Waals surface area contributed by atoms with Crippen LogP contribution in [-0.2, 0) is 5.88 Å². The molecule has 2 rings (SSSR count). The Balaban J connectivity index is 2.07. The lowest BCUT2D eigenvalue weighted by Crippen LogP contribution is -2.32. The lowest BCUT2D eigenvalue weighted by Gasteiger charge is -2.24. The van der Waals surface area contributed by atoms with Crippen LogP contribution in [0.3, 0.4) is 0 Å². The molecule has 0 N–H and O–H groups in total. The van der Waals surface area contributed by atoms with Crippen molar-refractivity contribution in [3.05, 3.63) is 17.8 Å². The van der Waals surface area contributed by atoms with E-state index >= 15 is 0 Å². The van der Waals surface area contributed by atoms with Crippen LogP contribution in [0.4, 0.5) is 5.82 Å². The van der Waals surface area contributed by atoms with Crippen molar-refractivity contribution in [2.24, 2.45) is 0 Å². The van der Waals surface area contributed by atoms with Crippen molar-refractivity contribution in [3.63, 3.8) is 0 Å². The second kappa shape index (κ2) is 5.03. The van der Waals surface area contributed by atoms with Gasteiger partial charge in [0.25, 0.3) is 0 Å². The highest BCUT2D eigenvalue weighted by Gasteiger charge is 2.21. The van der Waals surface area contributed by atoms with Gasteiger partial charge in [-0.3, -0.25) is 0 Å². The van der Waals surface area contributed by atoms with Crippen molar-refractivity contribution in [2.45, 2.75) is 18.3 Å². The summed E-state index contributed by atoms with van der Waals surface area (Å²) in [7, 11) is 2.08. The molecule has 1 aliphatic rings. The van der Waals surface area contributed by atoms with Crippen LogP contribution in [0.1, 0.15) is 12.1 Å². The largest absolute Gasteiger partial charge is 0.354 e. The molecule has 0 amide bonds. The van der Waals surface area contributed by atoms with Crippen molar-refractivity contribution in [2.75, 3.05) is 23.5 Å². The van der Waals surface area contributed by atoms with Crippen molar-refractivity contribution >= 4 is 29.2 Å². The van der Waals surface area contributed by atoms with Gasteiger partial charge in [-0.25, -0.2) is 0 Å². The van der Waals surface area contributed by atoms with Crippen LogP contribution in [0, 0.1) is 0 Å². The van der Waals surface area contributed by atoms with E-state index in [1.54, 1.807) is 0 Å². The van der Waals surface area contributed by atoms with E-state index < -0.39 is 0 Å². The molecule has 1 saturated heterocycles. The molecule has 15 heavy (non-hydrogen) atoms. The molecule has 1 fully saturated rings. The van der Waals surface area contributed by atoms with Crippen LogP contribution in [0.2, 0.25) is 0 Å². The van der Waals surface area contributed by atoms with E-state index in [1.165, 1.54) is 17.9 Å². The zero-order valence-electron chi connectivity index (χ0n) is 8.69. The number of thioether (sulfide) groups is 1. The third-order valence-electron chi connectivity index (χ3n) is 2.66. The number of anilines is 1. The minimum absolute atomic E-state index is 0.427. The van der Waals surface area contributed by atoms with Gasteiger partial charge in [-0.05, 0) is 24.3 Å². The van der Waals surface area contributed by atoms with Gasteiger partial charge in [0, 0.05) is 18.8 Å². The molecule has 0 aromatic carbocycles. The fraction of sp³-hybridized carbons (Fsp3) is 0.600. The van der Waals surface area contributed by atoms with Gasteiger partial charge in [-0.2, -0.15) is 16.9 Å². The number of hydrogen-bond donors (Lipinski definition) is 0. The Bertz CT molecular complexity index is 311. The Labute approximate surface area is 99.2 Å². The van der Waals surface area contributed by atoms with Crippen LogP contribution < -0.4 is 4.90 Å². The van der Waals surface area contributed by atoms with E-state index in [1.807, 2.05) is 23.9 Å². The molecule has 1 aromatic rings. The Morgan fingerprint density at radius 3 is 2.93 bits per heavy atom. The second-order valence-corrected chi connectivity index (χ2v) is 5.06. The topological polar surface area (TPSA) is 29.0 Å². The first-order valence-electron chi connectivity index (χ1n) is 5.00. The maximum Gasteiger partial charge on any atom is 0.151 e. The summed E-state index contributed by atoms with van der Waals surface area (Å²) in [6.07, 6.45) is 1.24. The minimum Gasteiger partial charge on any atom is -0.354 e.